The van der Waals surface area contributed by atoms with E-state index in [9.17, 15) is 0 Å². The number of aryl methyl sites for hydroxylation is 1. The molecule has 4 heteroatoms. The first-order valence-electron chi connectivity index (χ1n) is 8.17. The van der Waals surface area contributed by atoms with Gasteiger partial charge in [-0.25, -0.2) is 0 Å². The molecular weight excluding hydrogens is 364 g/mol. The third-order valence-corrected chi connectivity index (χ3v) is 4.09. The van der Waals surface area contributed by atoms with Crippen molar-refractivity contribution in [2.24, 2.45) is 0 Å². The third-order valence-electron chi connectivity index (χ3n) is 3.69. The largest absolute Gasteiger partial charge is 0.396 e. The second-order valence-corrected chi connectivity index (χ2v) is 6.83. The molecule has 0 spiro atoms. The van der Waals surface area contributed by atoms with Crippen LogP contribution in [0.1, 0.15) is 11.1 Å². The number of rotatable bonds is 6. The van der Waals surface area contributed by atoms with E-state index < -0.39 is 0 Å². The molecule has 132 valence electrons. The molecule has 0 aromatic heterocycles. The van der Waals surface area contributed by atoms with Gasteiger partial charge in [0.25, 0.3) is 0 Å². The molecule has 0 aliphatic rings. The van der Waals surface area contributed by atoms with Gasteiger partial charge in [-0.05, 0) is 48.2 Å². The summed E-state index contributed by atoms with van der Waals surface area (Å²) in [7, 11) is 8.14. The molecule has 0 saturated heterocycles. The Morgan fingerprint density at radius 2 is 1.08 bits per heavy atom. The second kappa shape index (κ2) is 11.1. The van der Waals surface area contributed by atoms with Crippen molar-refractivity contribution in [1.82, 2.24) is 0 Å². The van der Waals surface area contributed by atoms with Gasteiger partial charge in [-0.15, -0.1) is 0 Å². The first-order valence-corrected chi connectivity index (χ1v) is 9.29. The van der Waals surface area contributed by atoms with Crippen molar-refractivity contribution < 1.29 is 5.11 Å². The lowest BCUT2D eigenvalue weighted by Crippen LogP contribution is -2.08. The van der Waals surface area contributed by atoms with Gasteiger partial charge in [0.1, 0.15) is 0 Å². The third kappa shape index (κ3) is 7.37. The summed E-state index contributed by atoms with van der Waals surface area (Å²) in [6.45, 7) is 0.224. The summed E-state index contributed by atoms with van der Waals surface area (Å²) in [5, 5.41) is 9.72. The molecule has 2 aromatic rings. The normalized spacial score (nSPS) is 9.92. The fourth-order valence-corrected chi connectivity index (χ4v) is 2.62. The monoisotopic (exact) mass is 392 g/mol. The van der Waals surface area contributed by atoms with Gasteiger partial charge >= 0.3 is 0 Å². The van der Waals surface area contributed by atoms with Crippen LogP contribution in [0.4, 0.5) is 11.4 Å². The maximum absolute atomic E-state index is 8.69. The molecule has 2 aromatic carbocycles. The van der Waals surface area contributed by atoms with Gasteiger partial charge in [0, 0.05) is 51.5 Å². The maximum atomic E-state index is 8.69. The summed E-state index contributed by atoms with van der Waals surface area (Å²) >= 11 is 3.42. The Hall–Kier alpha value is -1.52. The quantitative estimate of drug-likeness (QED) is 0.753. The van der Waals surface area contributed by atoms with Crippen molar-refractivity contribution in [1.29, 1.82) is 0 Å². The molecule has 0 heterocycles. The molecule has 0 fully saturated rings. The van der Waals surface area contributed by atoms with E-state index in [2.05, 4.69) is 76.2 Å². The number of alkyl halides is 1. The molecule has 3 nitrogen and oxygen atoms in total. The predicted molar refractivity (Wildman–Crippen MR) is 110 cm³/mol. The zero-order valence-corrected chi connectivity index (χ0v) is 16.8. The van der Waals surface area contributed by atoms with Crippen molar-refractivity contribution in [2.75, 3.05) is 49.9 Å². The average Bonchev–Trinajstić information content (AvgIpc) is 2.57. The van der Waals surface area contributed by atoms with Gasteiger partial charge in [-0.2, -0.15) is 0 Å². The molecule has 0 saturated carbocycles. The Morgan fingerprint density at radius 3 is 1.38 bits per heavy atom. The Bertz CT molecular complexity index is 512. The minimum Gasteiger partial charge on any atom is -0.396 e. The molecule has 0 bridgehead atoms. The van der Waals surface area contributed by atoms with Gasteiger partial charge in [0.15, 0.2) is 0 Å². The van der Waals surface area contributed by atoms with Crippen LogP contribution in [0.5, 0.6) is 0 Å². The van der Waals surface area contributed by atoms with Crippen molar-refractivity contribution in [3.63, 3.8) is 0 Å². The first-order chi connectivity index (χ1) is 11.5. The highest BCUT2D eigenvalue weighted by atomic mass is 79.9. The number of benzene rings is 2. The van der Waals surface area contributed by atoms with E-state index in [1.165, 1.54) is 22.5 Å². The minimum absolute atomic E-state index is 0.224. The Balaban J connectivity index is 0.000000240. The maximum Gasteiger partial charge on any atom is 0.0471 e. The number of halogens is 1. The van der Waals surface area contributed by atoms with Crippen LogP contribution in [0.3, 0.4) is 0 Å². The number of anilines is 2. The van der Waals surface area contributed by atoms with Crippen LogP contribution >= 0.6 is 15.9 Å². The Morgan fingerprint density at radius 1 is 0.708 bits per heavy atom. The molecule has 0 unspecified atom stereocenters. The number of aliphatic hydroxyl groups excluding tert-OH is 1. The van der Waals surface area contributed by atoms with Crippen molar-refractivity contribution in [2.45, 2.75) is 12.8 Å². The average molecular weight is 393 g/mol. The molecule has 2 rings (SSSR count). The molecule has 0 aliphatic carbocycles. The Labute approximate surface area is 155 Å². The van der Waals surface area contributed by atoms with Gasteiger partial charge in [0.2, 0.25) is 0 Å². The summed E-state index contributed by atoms with van der Waals surface area (Å²) in [6, 6.07) is 16.9. The molecule has 0 radical (unpaired) electrons. The van der Waals surface area contributed by atoms with Crippen molar-refractivity contribution in [3.05, 3.63) is 59.7 Å². The molecule has 1 N–H and O–H groups in total. The van der Waals surface area contributed by atoms with E-state index in [1.807, 2.05) is 26.2 Å². The lowest BCUT2D eigenvalue weighted by Gasteiger charge is -2.12. The van der Waals surface area contributed by atoms with Crippen LogP contribution in [0, 0.1) is 0 Å². The van der Waals surface area contributed by atoms with Gasteiger partial charge < -0.3 is 14.9 Å². The van der Waals surface area contributed by atoms with E-state index in [1.54, 1.807) is 0 Å². The highest BCUT2D eigenvalue weighted by Gasteiger charge is 1.95. The molecule has 0 aliphatic heterocycles. The van der Waals surface area contributed by atoms with E-state index in [4.69, 9.17) is 5.11 Å². The van der Waals surface area contributed by atoms with E-state index in [0.717, 1.165) is 18.2 Å². The first kappa shape index (κ1) is 20.5. The van der Waals surface area contributed by atoms with E-state index in [-0.39, 0.29) is 6.61 Å². The smallest absolute Gasteiger partial charge is 0.0471 e. The molecular formula is C20H29BrN2O. The minimum atomic E-state index is 0.224. The fourth-order valence-electron chi connectivity index (χ4n) is 2.16. The number of hydrogen-bond donors (Lipinski definition) is 1. The SMILES string of the molecule is CN(C)c1ccc(CCBr)cc1.CN(C)c1ccc(CCO)cc1. The van der Waals surface area contributed by atoms with Gasteiger partial charge in [0.05, 0.1) is 0 Å². The highest BCUT2D eigenvalue weighted by molar-refractivity contribution is 9.09. The summed E-state index contributed by atoms with van der Waals surface area (Å²) in [5.74, 6) is 0. The predicted octanol–water partition coefficient (Wildman–Crippen LogP) is 3.98. The summed E-state index contributed by atoms with van der Waals surface area (Å²) in [6.07, 6.45) is 1.85. The summed E-state index contributed by atoms with van der Waals surface area (Å²) < 4.78 is 0. The fraction of sp³-hybridized carbons (Fsp3) is 0.400. The molecule has 0 amide bonds. The van der Waals surface area contributed by atoms with Crippen LogP contribution in [0.2, 0.25) is 0 Å². The van der Waals surface area contributed by atoms with Crippen LogP contribution in [0.15, 0.2) is 48.5 Å². The van der Waals surface area contributed by atoms with Gasteiger partial charge in [-0.1, -0.05) is 40.2 Å². The van der Waals surface area contributed by atoms with Crippen LogP contribution in [-0.4, -0.2) is 45.2 Å². The summed E-state index contributed by atoms with van der Waals surface area (Å²) in [4.78, 5) is 4.17. The van der Waals surface area contributed by atoms with E-state index >= 15 is 0 Å². The van der Waals surface area contributed by atoms with Crippen LogP contribution in [-0.2, 0) is 12.8 Å². The lowest BCUT2D eigenvalue weighted by atomic mass is 10.1. The second-order valence-electron chi connectivity index (χ2n) is 6.03. The van der Waals surface area contributed by atoms with Crippen LogP contribution < -0.4 is 9.80 Å². The lowest BCUT2D eigenvalue weighted by molar-refractivity contribution is 0.299. The standard InChI is InChI=1S/C10H14BrN.C10H15NO/c1-12(2)10-5-3-9(4-6-10)7-8-11;1-11(2)10-5-3-9(4-6-10)7-8-12/h3-6H,7-8H2,1-2H3;3-6,12H,7-8H2,1-2H3. The number of hydrogen-bond acceptors (Lipinski definition) is 3. The topological polar surface area (TPSA) is 26.7 Å². The van der Waals surface area contributed by atoms with E-state index in [0.29, 0.717) is 0 Å². The number of aliphatic hydroxyl groups is 1. The summed E-state index contributed by atoms with van der Waals surface area (Å²) in [5.41, 5.74) is 5.02. The highest BCUT2D eigenvalue weighted by Crippen LogP contribution is 2.13. The van der Waals surface area contributed by atoms with Crippen LogP contribution in [0.25, 0.3) is 0 Å². The Kier molecular flexibility index (Phi) is 9.50. The molecule has 0 atom stereocenters. The number of nitrogens with zero attached hydrogens (tertiary/aromatic N) is 2. The molecule has 24 heavy (non-hydrogen) atoms. The van der Waals surface area contributed by atoms with Crippen molar-refractivity contribution >= 4 is 27.3 Å². The zero-order chi connectivity index (χ0) is 17.9. The van der Waals surface area contributed by atoms with Crippen molar-refractivity contribution in [3.8, 4) is 0 Å². The zero-order valence-electron chi connectivity index (χ0n) is 15.2. The van der Waals surface area contributed by atoms with Gasteiger partial charge in [-0.3, -0.25) is 0 Å².